The van der Waals surface area contributed by atoms with Gasteiger partial charge in [-0.25, -0.2) is 4.39 Å². The van der Waals surface area contributed by atoms with Gasteiger partial charge in [-0.05, 0) is 30.9 Å². The van der Waals surface area contributed by atoms with Crippen molar-refractivity contribution in [2.45, 2.75) is 44.3 Å². The van der Waals surface area contributed by atoms with Crippen LogP contribution in [0.15, 0.2) is 18.2 Å². The fourth-order valence-electron chi connectivity index (χ4n) is 2.85. The third kappa shape index (κ3) is 3.08. The molecule has 1 atom stereocenters. The molecule has 19 heavy (non-hydrogen) atoms. The van der Waals surface area contributed by atoms with Crippen molar-refractivity contribution >= 4 is 0 Å². The molecular weight excluding hydrogens is 258 g/mol. The zero-order valence-corrected chi connectivity index (χ0v) is 10.5. The van der Waals surface area contributed by atoms with Gasteiger partial charge in [0.05, 0.1) is 5.56 Å². The lowest BCUT2D eigenvalue weighted by Crippen LogP contribution is -2.27. The van der Waals surface area contributed by atoms with Crippen molar-refractivity contribution in [3.63, 3.8) is 0 Å². The van der Waals surface area contributed by atoms with E-state index in [-0.39, 0.29) is 11.5 Å². The summed E-state index contributed by atoms with van der Waals surface area (Å²) in [6.07, 6.45) is -0.0434. The van der Waals surface area contributed by atoms with Crippen LogP contribution in [0.1, 0.15) is 49.3 Å². The zero-order chi connectivity index (χ0) is 14.0. The summed E-state index contributed by atoms with van der Waals surface area (Å²) >= 11 is 0. The summed E-state index contributed by atoms with van der Waals surface area (Å²) in [7, 11) is 0. The maximum atomic E-state index is 13.8. The molecule has 0 unspecified atom stereocenters. The molecule has 0 aliphatic heterocycles. The van der Waals surface area contributed by atoms with Gasteiger partial charge < -0.3 is 5.73 Å². The van der Waals surface area contributed by atoms with E-state index in [1.54, 1.807) is 0 Å². The van der Waals surface area contributed by atoms with Crippen molar-refractivity contribution in [1.82, 2.24) is 0 Å². The summed E-state index contributed by atoms with van der Waals surface area (Å²) < 4.78 is 52.6. The molecule has 1 nitrogen and oxygen atoms in total. The van der Waals surface area contributed by atoms with Crippen LogP contribution in [0, 0.1) is 11.7 Å². The van der Waals surface area contributed by atoms with E-state index in [9.17, 15) is 17.6 Å². The number of nitrogens with two attached hydrogens (primary N) is 1. The Kier molecular flexibility index (Phi) is 4.13. The van der Waals surface area contributed by atoms with Crippen molar-refractivity contribution in [2.24, 2.45) is 11.7 Å². The van der Waals surface area contributed by atoms with Crippen LogP contribution in [-0.4, -0.2) is 0 Å². The Morgan fingerprint density at radius 3 is 2.32 bits per heavy atom. The van der Waals surface area contributed by atoms with E-state index in [1.807, 2.05) is 0 Å². The lowest BCUT2D eigenvalue weighted by atomic mass is 9.80. The second-order valence-electron chi connectivity index (χ2n) is 5.12. The van der Waals surface area contributed by atoms with Crippen molar-refractivity contribution in [1.29, 1.82) is 0 Å². The molecule has 2 rings (SSSR count). The van der Waals surface area contributed by atoms with E-state index in [2.05, 4.69) is 0 Å². The Morgan fingerprint density at radius 1 is 1.11 bits per heavy atom. The molecular formula is C14H17F4N. The van der Waals surface area contributed by atoms with Crippen molar-refractivity contribution in [2.75, 3.05) is 0 Å². The van der Waals surface area contributed by atoms with Crippen LogP contribution in [0.4, 0.5) is 17.6 Å². The topological polar surface area (TPSA) is 26.0 Å². The van der Waals surface area contributed by atoms with Crippen LogP contribution in [0.3, 0.4) is 0 Å². The Labute approximate surface area is 109 Å². The molecule has 1 aromatic rings. The van der Waals surface area contributed by atoms with Crippen LogP contribution in [-0.2, 0) is 6.18 Å². The maximum Gasteiger partial charge on any atom is 0.416 e. The fourth-order valence-corrected chi connectivity index (χ4v) is 2.85. The summed E-state index contributed by atoms with van der Waals surface area (Å²) in [5, 5.41) is 0. The number of halogens is 4. The minimum Gasteiger partial charge on any atom is -0.324 e. The minimum atomic E-state index is -4.57. The average molecular weight is 275 g/mol. The zero-order valence-electron chi connectivity index (χ0n) is 10.5. The van der Waals surface area contributed by atoms with Crippen LogP contribution < -0.4 is 5.73 Å². The van der Waals surface area contributed by atoms with Gasteiger partial charge in [0.2, 0.25) is 0 Å². The molecule has 0 amide bonds. The van der Waals surface area contributed by atoms with Crippen LogP contribution in [0.2, 0.25) is 0 Å². The molecule has 0 heterocycles. The first-order valence-electron chi connectivity index (χ1n) is 6.52. The predicted molar refractivity (Wildman–Crippen MR) is 64.9 cm³/mol. The quantitative estimate of drug-likeness (QED) is 0.794. The molecule has 5 heteroatoms. The molecule has 1 aromatic carbocycles. The molecule has 2 N–H and O–H groups in total. The Balaban J connectivity index is 2.37. The highest BCUT2D eigenvalue weighted by atomic mass is 19.4. The van der Waals surface area contributed by atoms with Gasteiger partial charge in [-0.15, -0.1) is 0 Å². The molecule has 0 bridgehead atoms. The second kappa shape index (κ2) is 5.49. The van der Waals surface area contributed by atoms with E-state index >= 15 is 0 Å². The first kappa shape index (κ1) is 14.3. The van der Waals surface area contributed by atoms with Gasteiger partial charge in [-0.1, -0.05) is 25.3 Å². The van der Waals surface area contributed by atoms with Gasteiger partial charge >= 0.3 is 6.18 Å². The highest BCUT2D eigenvalue weighted by molar-refractivity contribution is 5.34. The fraction of sp³-hybridized carbons (Fsp3) is 0.571. The Bertz CT molecular complexity index is 436. The average Bonchev–Trinajstić information content (AvgIpc) is 2.37. The number of rotatable bonds is 2. The molecule has 1 aliphatic carbocycles. The second-order valence-corrected chi connectivity index (χ2v) is 5.12. The Hall–Kier alpha value is -1.10. The SMILES string of the molecule is N[C@H](c1c(F)cccc1C(F)(F)F)C1CCCCC1. The van der Waals surface area contributed by atoms with E-state index < -0.39 is 23.6 Å². The smallest absolute Gasteiger partial charge is 0.324 e. The van der Waals surface area contributed by atoms with Gasteiger partial charge in [0.25, 0.3) is 0 Å². The van der Waals surface area contributed by atoms with Crippen LogP contribution in [0.5, 0.6) is 0 Å². The third-order valence-corrected chi connectivity index (χ3v) is 3.85. The van der Waals surface area contributed by atoms with Crippen molar-refractivity contribution in [3.8, 4) is 0 Å². The molecule has 1 saturated carbocycles. The Morgan fingerprint density at radius 2 is 1.74 bits per heavy atom. The van der Waals surface area contributed by atoms with Crippen LogP contribution >= 0.6 is 0 Å². The van der Waals surface area contributed by atoms with Crippen molar-refractivity contribution in [3.05, 3.63) is 35.1 Å². The van der Waals surface area contributed by atoms with Gasteiger partial charge in [-0.3, -0.25) is 0 Å². The van der Waals surface area contributed by atoms with Crippen LogP contribution in [0.25, 0.3) is 0 Å². The lowest BCUT2D eigenvalue weighted by molar-refractivity contribution is -0.138. The van der Waals surface area contributed by atoms with E-state index in [0.29, 0.717) is 0 Å². The van der Waals surface area contributed by atoms with Gasteiger partial charge in [0.1, 0.15) is 5.82 Å². The van der Waals surface area contributed by atoms with E-state index in [4.69, 9.17) is 5.73 Å². The molecule has 0 spiro atoms. The molecule has 1 fully saturated rings. The molecule has 0 radical (unpaired) electrons. The summed E-state index contributed by atoms with van der Waals surface area (Å²) in [6.45, 7) is 0. The predicted octanol–water partition coefficient (Wildman–Crippen LogP) is 4.42. The normalized spacial score (nSPS) is 19.4. The van der Waals surface area contributed by atoms with E-state index in [0.717, 1.165) is 50.3 Å². The summed E-state index contributed by atoms with van der Waals surface area (Å²) in [5.74, 6) is -0.917. The summed E-state index contributed by atoms with van der Waals surface area (Å²) in [6, 6.07) is 2.15. The number of benzene rings is 1. The number of hydrogen-bond donors (Lipinski definition) is 1. The largest absolute Gasteiger partial charge is 0.416 e. The first-order chi connectivity index (χ1) is 8.91. The van der Waals surface area contributed by atoms with E-state index in [1.165, 1.54) is 0 Å². The molecule has 1 aliphatic rings. The maximum absolute atomic E-state index is 13.8. The van der Waals surface area contributed by atoms with Gasteiger partial charge in [0.15, 0.2) is 0 Å². The summed E-state index contributed by atoms with van der Waals surface area (Å²) in [5.41, 5.74) is 4.62. The lowest BCUT2D eigenvalue weighted by Gasteiger charge is -2.29. The minimum absolute atomic E-state index is 0.0632. The standard InChI is InChI=1S/C14H17F4N/c15-11-8-4-7-10(14(16,17)18)12(11)13(19)9-5-2-1-3-6-9/h4,7-9,13H,1-3,5-6,19H2/t13-/m0/s1. The number of hydrogen-bond acceptors (Lipinski definition) is 1. The van der Waals surface area contributed by atoms with Crippen molar-refractivity contribution < 1.29 is 17.6 Å². The molecule has 0 saturated heterocycles. The monoisotopic (exact) mass is 275 g/mol. The third-order valence-electron chi connectivity index (χ3n) is 3.85. The highest BCUT2D eigenvalue weighted by Gasteiger charge is 2.37. The molecule has 106 valence electrons. The van der Waals surface area contributed by atoms with Gasteiger partial charge in [0, 0.05) is 11.6 Å². The summed E-state index contributed by atoms with van der Waals surface area (Å²) in [4.78, 5) is 0. The first-order valence-corrected chi connectivity index (χ1v) is 6.52. The highest BCUT2D eigenvalue weighted by Crippen LogP contribution is 2.40. The number of alkyl halides is 3. The van der Waals surface area contributed by atoms with Gasteiger partial charge in [-0.2, -0.15) is 13.2 Å². The molecule has 0 aromatic heterocycles.